The first-order valence-electron chi connectivity index (χ1n) is 6.89. The highest BCUT2D eigenvalue weighted by Gasteiger charge is 2.20. The number of carbonyl (C=O) groups is 1. The van der Waals surface area contributed by atoms with Gasteiger partial charge in [-0.3, -0.25) is 4.79 Å². The molecule has 0 atom stereocenters. The molecule has 1 aliphatic heterocycles. The van der Waals surface area contributed by atoms with E-state index in [1.807, 2.05) is 13.0 Å². The van der Waals surface area contributed by atoms with Crippen molar-refractivity contribution in [1.29, 1.82) is 0 Å². The molecular formula is C15H22N2O. The van der Waals surface area contributed by atoms with Gasteiger partial charge in [-0.05, 0) is 31.4 Å². The Labute approximate surface area is 109 Å². The summed E-state index contributed by atoms with van der Waals surface area (Å²) >= 11 is 0. The Hall–Kier alpha value is -1.51. The first-order chi connectivity index (χ1) is 8.79. The molecule has 3 nitrogen and oxygen atoms in total. The van der Waals surface area contributed by atoms with Crippen molar-refractivity contribution in [2.24, 2.45) is 0 Å². The van der Waals surface area contributed by atoms with Crippen molar-refractivity contribution in [3.63, 3.8) is 0 Å². The van der Waals surface area contributed by atoms with Crippen LogP contribution in [0.15, 0.2) is 30.3 Å². The maximum absolute atomic E-state index is 11.5. The van der Waals surface area contributed by atoms with Crippen molar-refractivity contribution >= 4 is 11.6 Å². The Balaban J connectivity index is 1.80. The zero-order chi connectivity index (χ0) is 12.8. The van der Waals surface area contributed by atoms with Crippen LogP contribution in [0.4, 0.5) is 5.69 Å². The van der Waals surface area contributed by atoms with Crippen molar-refractivity contribution in [3.8, 4) is 0 Å². The number of piperidine rings is 1. The molecule has 1 N–H and O–H groups in total. The average molecular weight is 246 g/mol. The molecule has 1 aromatic rings. The lowest BCUT2D eigenvalue weighted by Crippen LogP contribution is -2.44. The number of hydrogen-bond donors (Lipinski definition) is 1. The van der Waals surface area contributed by atoms with Gasteiger partial charge in [0.25, 0.3) is 0 Å². The lowest BCUT2D eigenvalue weighted by molar-refractivity contribution is -0.121. The summed E-state index contributed by atoms with van der Waals surface area (Å²) in [7, 11) is 0. The molecule has 1 aliphatic rings. The first-order valence-corrected chi connectivity index (χ1v) is 6.89. The van der Waals surface area contributed by atoms with Crippen molar-refractivity contribution in [1.82, 2.24) is 5.32 Å². The van der Waals surface area contributed by atoms with Crippen molar-refractivity contribution in [3.05, 3.63) is 30.3 Å². The Kier molecular flexibility index (Phi) is 4.62. The Morgan fingerprint density at radius 3 is 2.56 bits per heavy atom. The Bertz CT molecular complexity index is 369. The van der Waals surface area contributed by atoms with E-state index < -0.39 is 0 Å². The van der Waals surface area contributed by atoms with E-state index in [-0.39, 0.29) is 5.91 Å². The summed E-state index contributed by atoms with van der Waals surface area (Å²) in [5.74, 6) is 0.204. The minimum Gasteiger partial charge on any atom is -0.371 e. The fraction of sp³-hybridized carbons (Fsp3) is 0.533. The maximum atomic E-state index is 11.5. The number of benzene rings is 1. The number of hydrogen-bond acceptors (Lipinski definition) is 2. The molecule has 98 valence electrons. The molecule has 1 fully saturated rings. The fourth-order valence-electron chi connectivity index (χ4n) is 2.45. The molecule has 2 rings (SSSR count). The van der Waals surface area contributed by atoms with Gasteiger partial charge in [-0.2, -0.15) is 0 Å². The van der Waals surface area contributed by atoms with Gasteiger partial charge in [-0.15, -0.1) is 0 Å². The topological polar surface area (TPSA) is 32.3 Å². The van der Waals surface area contributed by atoms with E-state index >= 15 is 0 Å². The standard InChI is InChI=1S/C15H22N2O/c1-2-6-15(18)16-13-9-11-17(12-10-13)14-7-4-3-5-8-14/h3-5,7-8,13H,2,6,9-12H2,1H3,(H,16,18). The summed E-state index contributed by atoms with van der Waals surface area (Å²) in [5, 5.41) is 3.13. The fourth-order valence-corrected chi connectivity index (χ4v) is 2.45. The molecule has 18 heavy (non-hydrogen) atoms. The maximum Gasteiger partial charge on any atom is 0.220 e. The zero-order valence-corrected chi connectivity index (χ0v) is 11.1. The number of carbonyl (C=O) groups excluding carboxylic acids is 1. The number of para-hydroxylation sites is 1. The van der Waals surface area contributed by atoms with E-state index in [2.05, 4.69) is 34.5 Å². The highest BCUT2D eigenvalue weighted by Crippen LogP contribution is 2.19. The third-order valence-electron chi connectivity index (χ3n) is 3.46. The lowest BCUT2D eigenvalue weighted by atomic mass is 10.0. The lowest BCUT2D eigenvalue weighted by Gasteiger charge is -2.34. The van der Waals surface area contributed by atoms with Gasteiger partial charge in [0.05, 0.1) is 0 Å². The van der Waals surface area contributed by atoms with Crippen LogP contribution in [0.5, 0.6) is 0 Å². The van der Waals surface area contributed by atoms with Crippen LogP contribution in [0.3, 0.4) is 0 Å². The Morgan fingerprint density at radius 1 is 1.28 bits per heavy atom. The normalized spacial score (nSPS) is 16.6. The minimum atomic E-state index is 0.204. The molecule has 3 heteroatoms. The van der Waals surface area contributed by atoms with Gasteiger partial charge in [0.1, 0.15) is 0 Å². The highest BCUT2D eigenvalue weighted by molar-refractivity contribution is 5.76. The third-order valence-corrected chi connectivity index (χ3v) is 3.46. The quantitative estimate of drug-likeness (QED) is 0.885. The molecule has 1 amide bonds. The van der Waals surface area contributed by atoms with Gasteiger partial charge in [-0.25, -0.2) is 0 Å². The van der Waals surface area contributed by atoms with Crippen LogP contribution in [0.1, 0.15) is 32.6 Å². The Morgan fingerprint density at radius 2 is 1.94 bits per heavy atom. The van der Waals surface area contributed by atoms with Gasteiger partial charge in [0.2, 0.25) is 5.91 Å². The van der Waals surface area contributed by atoms with Crippen LogP contribution in [-0.2, 0) is 4.79 Å². The smallest absolute Gasteiger partial charge is 0.220 e. The van der Waals surface area contributed by atoms with E-state index in [9.17, 15) is 4.79 Å². The van der Waals surface area contributed by atoms with Crippen molar-refractivity contribution < 1.29 is 4.79 Å². The SMILES string of the molecule is CCCC(=O)NC1CCN(c2ccccc2)CC1. The molecule has 1 saturated heterocycles. The molecule has 0 unspecified atom stereocenters. The van der Waals surface area contributed by atoms with E-state index in [1.54, 1.807) is 0 Å². The largest absolute Gasteiger partial charge is 0.371 e. The molecule has 0 radical (unpaired) electrons. The second-order valence-electron chi connectivity index (χ2n) is 4.91. The number of amides is 1. The monoisotopic (exact) mass is 246 g/mol. The second kappa shape index (κ2) is 6.43. The van der Waals surface area contributed by atoms with Crippen LogP contribution in [0, 0.1) is 0 Å². The minimum absolute atomic E-state index is 0.204. The number of rotatable bonds is 4. The summed E-state index contributed by atoms with van der Waals surface area (Å²) in [5.41, 5.74) is 1.29. The number of anilines is 1. The van der Waals surface area contributed by atoms with Gasteiger partial charge in [-0.1, -0.05) is 25.1 Å². The number of nitrogens with zero attached hydrogens (tertiary/aromatic N) is 1. The van der Waals surface area contributed by atoms with E-state index in [0.717, 1.165) is 32.4 Å². The van der Waals surface area contributed by atoms with E-state index in [4.69, 9.17) is 0 Å². The van der Waals surface area contributed by atoms with Gasteiger partial charge < -0.3 is 10.2 Å². The van der Waals surface area contributed by atoms with Crippen molar-refractivity contribution in [2.75, 3.05) is 18.0 Å². The third kappa shape index (κ3) is 3.49. The van der Waals surface area contributed by atoms with Gasteiger partial charge in [0, 0.05) is 31.2 Å². The molecule has 0 bridgehead atoms. The van der Waals surface area contributed by atoms with Crippen molar-refractivity contribution in [2.45, 2.75) is 38.6 Å². The van der Waals surface area contributed by atoms with Crippen LogP contribution >= 0.6 is 0 Å². The summed E-state index contributed by atoms with van der Waals surface area (Å²) < 4.78 is 0. The zero-order valence-electron chi connectivity index (χ0n) is 11.1. The van der Waals surface area contributed by atoms with Crippen LogP contribution < -0.4 is 10.2 Å². The summed E-state index contributed by atoms with van der Waals surface area (Å²) in [6.45, 7) is 4.10. The molecule has 0 aliphatic carbocycles. The molecule has 0 saturated carbocycles. The van der Waals surface area contributed by atoms with Crippen LogP contribution in [0.2, 0.25) is 0 Å². The molecule has 0 spiro atoms. The predicted octanol–water partition coefficient (Wildman–Crippen LogP) is 2.57. The molecular weight excluding hydrogens is 224 g/mol. The number of nitrogens with one attached hydrogen (secondary N) is 1. The van der Waals surface area contributed by atoms with Crippen LogP contribution in [-0.4, -0.2) is 25.0 Å². The highest BCUT2D eigenvalue weighted by atomic mass is 16.1. The van der Waals surface area contributed by atoms with E-state index in [0.29, 0.717) is 12.5 Å². The predicted molar refractivity (Wildman–Crippen MR) is 74.7 cm³/mol. The average Bonchev–Trinajstić information content (AvgIpc) is 2.41. The summed E-state index contributed by atoms with van der Waals surface area (Å²) in [6.07, 6.45) is 3.67. The summed E-state index contributed by atoms with van der Waals surface area (Å²) in [6, 6.07) is 10.9. The van der Waals surface area contributed by atoms with Gasteiger partial charge in [0.15, 0.2) is 0 Å². The van der Waals surface area contributed by atoms with Crippen LogP contribution in [0.25, 0.3) is 0 Å². The molecule has 0 aromatic heterocycles. The molecule has 1 heterocycles. The first kappa shape index (κ1) is 12.9. The summed E-state index contributed by atoms with van der Waals surface area (Å²) in [4.78, 5) is 13.9. The second-order valence-corrected chi connectivity index (χ2v) is 4.91. The molecule has 1 aromatic carbocycles. The van der Waals surface area contributed by atoms with Gasteiger partial charge >= 0.3 is 0 Å². The van der Waals surface area contributed by atoms with E-state index in [1.165, 1.54) is 5.69 Å².